The molecule has 0 radical (unpaired) electrons. The average Bonchev–Trinajstić information content (AvgIpc) is 3.11. The van der Waals surface area contributed by atoms with Crippen molar-refractivity contribution in [3.05, 3.63) is 102 Å². The van der Waals surface area contributed by atoms with Gasteiger partial charge in [0.2, 0.25) is 0 Å². The molecule has 0 aliphatic rings. The number of pyridine rings is 1. The third-order valence-electron chi connectivity index (χ3n) is 5.25. The molecule has 0 saturated carbocycles. The lowest BCUT2D eigenvalue weighted by atomic mass is 9.99. The summed E-state index contributed by atoms with van der Waals surface area (Å²) in [7, 11) is 0. The topological polar surface area (TPSA) is 30.7 Å². The Kier molecular flexibility index (Phi) is 4.21. The quantitative estimate of drug-likeness (QED) is 0.367. The zero-order valence-electron chi connectivity index (χ0n) is 16.5. The van der Waals surface area contributed by atoms with E-state index < -0.39 is 0 Å². The summed E-state index contributed by atoms with van der Waals surface area (Å²) in [5.41, 5.74) is 8.49. The number of fused-ring (bicyclic) bond motifs is 1. The maximum atomic E-state index is 5.06. The summed E-state index contributed by atoms with van der Waals surface area (Å²) in [6.45, 7) is 4.16. The van der Waals surface area contributed by atoms with Gasteiger partial charge in [-0.3, -0.25) is 0 Å². The van der Waals surface area contributed by atoms with Crippen LogP contribution < -0.4 is 0 Å². The second kappa shape index (κ2) is 7.02. The SMILES string of the molecule is Cc1ccc(-c2cc(-c3ccccc3)c3c(C)nn(-c4ccccc4)c3n2)cc1. The predicted molar refractivity (Wildman–Crippen MR) is 119 cm³/mol. The van der Waals surface area contributed by atoms with E-state index in [-0.39, 0.29) is 0 Å². The van der Waals surface area contributed by atoms with E-state index in [9.17, 15) is 0 Å². The molecule has 3 aromatic carbocycles. The van der Waals surface area contributed by atoms with Gasteiger partial charge >= 0.3 is 0 Å². The first-order chi connectivity index (χ1) is 14.2. The van der Waals surface area contributed by atoms with E-state index in [0.29, 0.717) is 0 Å². The van der Waals surface area contributed by atoms with Gasteiger partial charge in [0, 0.05) is 5.56 Å². The molecular weight excluding hydrogens is 354 g/mol. The van der Waals surface area contributed by atoms with Crippen LogP contribution in [0, 0.1) is 13.8 Å². The molecule has 29 heavy (non-hydrogen) atoms. The first-order valence-electron chi connectivity index (χ1n) is 9.79. The van der Waals surface area contributed by atoms with Gasteiger partial charge in [-0.2, -0.15) is 5.10 Å². The third-order valence-corrected chi connectivity index (χ3v) is 5.25. The van der Waals surface area contributed by atoms with Crippen molar-refractivity contribution < 1.29 is 0 Å². The molecule has 0 bridgehead atoms. The number of rotatable bonds is 3. The zero-order chi connectivity index (χ0) is 19.8. The van der Waals surface area contributed by atoms with Crippen LogP contribution in [0.25, 0.3) is 39.1 Å². The Bertz CT molecular complexity index is 1290. The lowest BCUT2D eigenvalue weighted by molar-refractivity contribution is 0.878. The molecule has 0 saturated heterocycles. The van der Waals surface area contributed by atoms with Crippen molar-refractivity contribution in [1.29, 1.82) is 0 Å². The molecule has 2 aromatic heterocycles. The second-order valence-electron chi connectivity index (χ2n) is 7.32. The summed E-state index contributed by atoms with van der Waals surface area (Å²) >= 11 is 0. The molecule has 0 N–H and O–H groups in total. The molecule has 0 aliphatic carbocycles. The largest absolute Gasteiger partial charge is 0.228 e. The number of hydrogen-bond acceptors (Lipinski definition) is 2. The van der Waals surface area contributed by atoms with Gasteiger partial charge in [0.05, 0.1) is 22.5 Å². The highest BCUT2D eigenvalue weighted by Crippen LogP contribution is 2.34. The van der Waals surface area contributed by atoms with Gasteiger partial charge in [0.25, 0.3) is 0 Å². The van der Waals surface area contributed by atoms with Gasteiger partial charge in [-0.05, 0) is 43.2 Å². The third kappa shape index (κ3) is 3.11. The minimum Gasteiger partial charge on any atom is -0.228 e. The molecule has 0 fully saturated rings. The molecule has 0 aliphatic heterocycles. The fourth-order valence-electron chi connectivity index (χ4n) is 3.76. The van der Waals surface area contributed by atoms with Crippen LogP contribution in [0.3, 0.4) is 0 Å². The normalized spacial score (nSPS) is 11.1. The molecule has 0 amide bonds. The van der Waals surface area contributed by atoms with Gasteiger partial charge in [-0.15, -0.1) is 0 Å². The summed E-state index contributed by atoms with van der Waals surface area (Å²) in [6.07, 6.45) is 0. The van der Waals surface area contributed by atoms with Gasteiger partial charge < -0.3 is 0 Å². The van der Waals surface area contributed by atoms with Crippen molar-refractivity contribution in [3.8, 4) is 28.1 Å². The summed E-state index contributed by atoms with van der Waals surface area (Å²) in [5, 5.41) is 5.94. The van der Waals surface area contributed by atoms with Crippen LogP contribution in [0.5, 0.6) is 0 Å². The van der Waals surface area contributed by atoms with Crippen LogP contribution in [0.4, 0.5) is 0 Å². The van der Waals surface area contributed by atoms with Crippen molar-refractivity contribution in [2.75, 3.05) is 0 Å². The Morgan fingerprint density at radius 1 is 0.690 bits per heavy atom. The summed E-state index contributed by atoms with van der Waals surface area (Å²) in [6, 6.07) is 31.4. The summed E-state index contributed by atoms with van der Waals surface area (Å²) in [5.74, 6) is 0. The molecule has 0 unspecified atom stereocenters. The molecule has 2 heterocycles. The fraction of sp³-hybridized carbons (Fsp3) is 0.0769. The number of aromatic nitrogens is 3. The monoisotopic (exact) mass is 375 g/mol. The van der Waals surface area contributed by atoms with E-state index in [0.717, 1.165) is 39.2 Å². The number of aryl methyl sites for hydroxylation is 2. The first-order valence-corrected chi connectivity index (χ1v) is 9.79. The van der Waals surface area contributed by atoms with E-state index in [1.807, 2.05) is 28.9 Å². The molecular formula is C26H21N3. The van der Waals surface area contributed by atoms with Crippen molar-refractivity contribution >= 4 is 11.0 Å². The molecule has 140 valence electrons. The highest BCUT2D eigenvalue weighted by molar-refractivity contribution is 5.97. The Labute approximate surface area is 170 Å². The van der Waals surface area contributed by atoms with Crippen LogP contribution in [0.2, 0.25) is 0 Å². The van der Waals surface area contributed by atoms with Crippen LogP contribution in [0.15, 0.2) is 91.0 Å². The minimum atomic E-state index is 0.880. The van der Waals surface area contributed by atoms with E-state index >= 15 is 0 Å². The number of hydrogen-bond donors (Lipinski definition) is 0. The Morgan fingerprint density at radius 3 is 2.03 bits per heavy atom. The highest BCUT2D eigenvalue weighted by atomic mass is 15.3. The van der Waals surface area contributed by atoms with Crippen LogP contribution in [-0.2, 0) is 0 Å². The van der Waals surface area contributed by atoms with Crippen molar-refractivity contribution in [3.63, 3.8) is 0 Å². The molecule has 5 rings (SSSR count). The zero-order valence-corrected chi connectivity index (χ0v) is 16.5. The molecule has 0 atom stereocenters. The minimum absolute atomic E-state index is 0.880. The maximum Gasteiger partial charge on any atom is 0.164 e. The fourth-order valence-corrected chi connectivity index (χ4v) is 3.76. The van der Waals surface area contributed by atoms with Gasteiger partial charge in [-0.25, -0.2) is 9.67 Å². The van der Waals surface area contributed by atoms with E-state index in [1.165, 1.54) is 11.1 Å². The number of benzene rings is 3. The molecule has 0 spiro atoms. The van der Waals surface area contributed by atoms with E-state index in [1.54, 1.807) is 0 Å². The molecule has 3 nitrogen and oxygen atoms in total. The second-order valence-corrected chi connectivity index (χ2v) is 7.32. The lowest BCUT2D eigenvalue weighted by Gasteiger charge is -2.10. The smallest absolute Gasteiger partial charge is 0.164 e. The summed E-state index contributed by atoms with van der Waals surface area (Å²) in [4.78, 5) is 5.06. The van der Waals surface area contributed by atoms with E-state index in [2.05, 4.69) is 80.6 Å². The van der Waals surface area contributed by atoms with Gasteiger partial charge in [-0.1, -0.05) is 78.4 Å². The van der Waals surface area contributed by atoms with Crippen molar-refractivity contribution in [2.24, 2.45) is 0 Å². The van der Waals surface area contributed by atoms with Crippen LogP contribution in [0.1, 0.15) is 11.3 Å². The van der Waals surface area contributed by atoms with Crippen LogP contribution in [-0.4, -0.2) is 14.8 Å². The average molecular weight is 375 g/mol. The van der Waals surface area contributed by atoms with Crippen LogP contribution >= 0.6 is 0 Å². The molecule has 5 aromatic rings. The molecule has 3 heteroatoms. The van der Waals surface area contributed by atoms with E-state index in [4.69, 9.17) is 10.1 Å². The number of para-hydroxylation sites is 1. The van der Waals surface area contributed by atoms with Crippen molar-refractivity contribution in [1.82, 2.24) is 14.8 Å². The van der Waals surface area contributed by atoms with Gasteiger partial charge in [0.15, 0.2) is 5.65 Å². The Morgan fingerprint density at radius 2 is 1.34 bits per heavy atom. The predicted octanol–water partition coefficient (Wildman–Crippen LogP) is 6.37. The summed E-state index contributed by atoms with van der Waals surface area (Å²) < 4.78 is 1.95. The Hall–Kier alpha value is -3.72. The Balaban J connectivity index is 1.85. The van der Waals surface area contributed by atoms with Gasteiger partial charge in [0.1, 0.15) is 0 Å². The first kappa shape index (κ1) is 17.4. The van der Waals surface area contributed by atoms with Crippen molar-refractivity contribution in [2.45, 2.75) is 13.8 Å². The lowest BCUT2D eigenvalue weighted by Crippen LogP contribution is -1.98. The number of nitrogens with zero attached hydrogens (tertiary/aromatic N) is 3. The standard InChI is InChI=1S/C26H21N3/c1-18-13-15-21(16-14-18)24-17-23(20-9-5-3-6-10-20)25-19(2)28-29(26(25)27-24)22-11-7-4-8-12-22/h3-17H,1-2H3. The highest BCUT2D eigenvalue weighted by Gasteiger charge is 2.17. The maximum absolute atomic E-state index is 5.06.